The Morgan fingerprint density at radius 1 is 0.676 bits per heavy atom. The van der Waals surface area contributed by atoms with E-state index < -0.39 is 11.9 Å². The van der Waals surface area contributed by atoms with Crippen molar-refractivity contribution in [3.63, 3.8) is 0 Å². The summed E-state index contributed by atoms with van der Waals surface area (Å²) in [6, 6.07) is 18.2. The van der Waals surface area contributed by atoms with Gasteiger partial charge in [0.2, 0.25) is 0 Å². The molecular formula is C26H26N2O6. The fourth-order valence-electron chi connectivity index (χ4n) is 3.19. The molecule has 0 aliphatic rings. The number of carbonyl (C=O) groups excluding carboxylic acids is 3. The Hall–Kier alpha value is -4.33. The van der Waals surface area contributed by atoms with Crippen LogP contribution in [0, 0.1) is 0 Å². The molecule has 0 radical (unpaired) electrons. The molecule has 176 valence electrons. The van der Waals surface area contributed by atoms with Gasteiger partial charge in [0.25, 0.3) is 11.8 Å². The van der Waals surface area contributed by atoms with Crippen LogP contribution >= 0.6 is 0 Å². The molecule has 2 amide bonds. The van der Waals surface area contributed by atoms with Gasteiger partial charge in [-0.05, 0) is 44.2 Å². The van der Waals surface area contributed by atoms with Gasteiger partial charge < -0.3 is 24.8 Å². The number of amides is 2. The van der Waals surface area contributed by atoms with Gasteiger partial charge in [0.05, 0.1) is 37.3 Å². The summed E-state index contributed by atoms with van der Waals surface area (Å²) in [4.78, 5) is 37.4. The Bertz CT molecular complexity index is 1180. The third-order valence-corrected chi connectivity index (χ3v) is 4.76. The van der Waals surface area contributed by atoms with Gasteiger partial charge in [0, 0.05) is 23.3 Å². The zero-order chi connectivity index (χ0) is 24.5. The number of esters is 1. The minimum absolute atomic E-state index is 0.258. The molecule has 3 aromatic rings. The van der Waals surface area contributed by atoms with Gasteiger partial charge in [0.1, 0.15) is 11.5 Å². The van der Waals surface area contributed by atoms with E-state index in [1.54, 1.807) is 54.6 Å². The highest BCUT2D eigenvalue weighted by Gasteiger charge is 2.18. The summed E-state index contributed by atoms with van der Waals surface area (Å²) < 4.78 is 16.2. The summed E-state index contributed by atoms with van der Waals surface area (Å²) in [6.45, 7) is 4.30. The van der Waals surface area contributed by atoms with Crippen LogP contribution in [-0.4, -0.2) is 38.1 Å². The SMILES string of the molecule is CCOc1cc(NC(=O)c2cccc(C(=O)OC)c2)c(OCC)cc1NC(=O)c1ccccc1. The number of benzene rings is 3. The highest BCUT2D eigenvalue weighted by molar-refractivity contribution is 6.08. The number of hydrogen-bond acceptors (Lipinski definition) is 6. The van der Waals surface area contributed by atoms with Crippen molar-refractivity contribution < 1.29 is 28.6 Å². The van der Waals surface area contributed by atoms with E-state index in [9.17, 15) is 14.4 Å². The van der Waals surface area contributed by atoms with Crippen molar-refractivity contribution in [1.29, 1.82) is 0 Å². The first-order valence-corrected chi connectivity index (χ1v) is 10.8. The highest BCUT2D eigenvalue weighted by atomic mass is 16.5. The predicted molar refractivity (Wildman–Crippen MR) is 129 cm³/mol. The Kier molecular flexibility index (Phi) is 8.23. The quantitative estimate of drug-likeness (QED) is 0.444. The van der Waals surface area contributed by atoms with Crippen LogP contribution in [0.3, 0.4) is 0 Å². The maximum absolute atomic E-state index is 12.9. The van der Waals surface area contributed by atoms with E-state index in [1.807, 2.05) is 19.9 Å². The molecule has 0 aliphatic heterocycles. The molecule has 3 rings (SSSR count). The van der Waals surface area contributed by atoms with E-state index in [0.717, 1.165) is 0 Å². The predicted octanol–water partition coefficient (Wildman–Crippen LogP) is 4.78. The summed E-state index contributed by atoms with van der Waals surface area (Å²) in [5.41, 5.74) is 1.78. The zero-order valence-electron chi connectivity index (χ0n) is 19.2. The Morgan fingerprint density at radius 3 is 1.71 bits per heavy atom. The van der Waals surface area contributed by atoms with E-state index in [4.69, 9.17) is 14.2 Å². The van der Waals surface area contributed by atoms with Crippen LogP contribution in [0.5, 0.6) is 11.5 Å². The van der Waals surface area contributed by atoms with Crippen molar-refractivity contribution in [2.75, 3.05) is 31.0 Å². The van der Waals surface area contributed by atoms with Crippen LogP contribution in [0.25, 0.3) is 0 Å². The molecule has 8 nitrogen and oxygen atoms in total. The number of rotatable bonds is 9. The summed E-state index contributed by atoms with van der Waals surface area (Å²) >= 11 is 0. The van der Waals surface area contributed by atoms with Crippen LogP contribution < -0.4 is 20.1 Å². The van der Waals surface area contributed by atoms with E-state index in [0.29, 0.717) is 41.7 Å². The van der Waals surface area contributed by atoms with Crippen LogP contribution in [0.15, 0.2) is 66.7 Å². The summed E-state index contributed by atoms with van der Waals surface area (Å²) in [5, 5.41) is 5.64. The normalized spacial score (nSPS) is 10.2. The molecule has 0 aromatic heterocycles. The lowest BCUT2D eigenvalue weighted by molar-refractivity contribution is 0.0600. The average molecular weight is 463 g/mol. The summed E-state index contributed by atoms with van der Waals surface area (Å²) in [5.74, 6) is -0.571. The molecule has 0 fully saturated rings. The number of hydrogen-bond donors (Lipinski definition) is 2. The Balaban J connectivity index is 1.92. The van der Waals surface area contributed by atoms with Gasteiger partial charge in [0.15, 0.2) is 0 Å². The molecular weight excluding hydrogens is 436 g/mol. The van der Waals surface area contributed by atoms with Crippen LogP contribution in [0.1, 0.15) is 44.9 Å². The monoisotopic (exact) mass is 462 g/mol. The summed E-state index contributed by atoms with van der Waals surface area (Å²) in [7, 11) is 1.27. The molecule has 0 aliphatic carbocycles. The highest BCUT2D eigenvalue weighted by Crippen LogP contribution is 2.37. The van der Waals surface area contributed by atoms with E-state index in [2.05, 4.69) is 10.6 Å². The second-order valence-electron chi connectivity index (χ2n) is 7.06. The fraction of sp³-hybridized carbons (Fsp3) is 0.192. The topological polar surface area (TPSA) is 103 Å². The molecule has 0 unspecified atom stereocenters. The Morgan fingerprint density at radius 2 is 1.18 bits per heavy atom. The number of anilines is 2. The van der Waals surface area contributed by atoms with Gasteiger partial charge in [-0.25, -0.2) is 4.79 Å². The molecule has 0 saturated carbocycles. The minimum Gasteiger partial charge on any atom is -0.492 e. The number of ether oxygens (including phenoxy) is 3. The number of nitrogens with one attached hydrogen (secondary N) is 2. The van der Waals surface area contributed by atoms with Crippen molar-refractivity contribution >= 4 is 29.2 Å². The van der Waals surface area contributed by atoms with Crippen molar-refractivity contribution in [2.24, 2.45) is 0 Å². The lowest BCUT2D eigenvalue weighted by Gasteiger charge is -2.18. The fourth-order valence-corrected chi connectivity index (χ4v) is 3.19. The van der Waals surface area contributed by atoms with E-state index in [-0.39, 0.29) is 17.0 Å². The zero-order valence-corrected chi connectivity index (χ0v) is 19.2. The van der Waals surface area contributed by atoms with Gasteiger partial charge in [-0.1, -0.05) is 24.3 Å². The maximum atomic E-state index is 12.9. The molecule has 8 heteroatoms. The van der Waals surface area contributed by atoms with Gasteiger partial charge in [-0.2, -0.15) is 0 Å². The standard InChI is InChI=1S/C26H26N2O6/c1-4-33-22-16-21(28-25(30)18-12-9-13-19(14-18)26(31)32-3)23(34-5-2)15-20(22)27-24(29)17-10-7-6-8-11-17/h6-16H,4-5H2,1-3H3,(H,27,29)(H,28,30). The van der Waals surface area contributed by atoms with Crippen molar-refractivity contribution in [1.82, 2.24) is 0 Å². The summed E-state index contributed by atoms with van der Waals surface area (Å²) in [6.07, 6.45) is 0. The average Bonchev–Trinajstić information content (AvgIpc) is 2.86. The van der Waals surface area contributed by atoms with Crippen molar-refractivity contribution in [3.05, 3.63) is 83.4 Å². The van der Waals surface area contributed by atoms with Crippen molar-refractivity contribution in [3.8, 4) is 11.5 Å². The number of methoxy groups -OCH3 is 1. The second kappa shape index (κ2) is 11.5. The third-order valence-electron chi connectivity index (χ3n) is 4.76. The third kappa shape index (κ3) is 5.92. The Labute approximate surface area is 197 Å². The minimum atomic E-state index is -0.540. The lowest BCUT2D eigenvalue weighted by Crippen LogP contribution is -2.16. The van der Waals surface area contributed by atoms with Gasteiger partial charge >= 0.3 is 5.97 Å². The second-order valence-corrected chi connectivity index (χ2v) is 7.06. The lowest BCUT2D eigenvalue weighted by atomic mass is 10.1. The molecule has 0 spiro atoms. The largest absolute Gasteiger partial charge is 0.492 e. The van der Waals surface area contributed by atoms with Gasteiger partial charge in [-0.15, -0.1) is 0 Å². The molecule has 0 saturated heterocycles. The molecule has 3 aromatic carbocycles. The molecule has 2 N–H and O–H groups in total. The first-order valence-electron chi connectivity index (χ1n) is 10.8. The van der Waals surface area contributed by atoms with Crippen molar-refractivity contribution in [2.45, 2.75) is 13.8 Å². The van der Waals surface area contributed by atoms with Crippen LogP contribution in [-0.2, 0) is 4.74 Å². The maximum Gasteiger partial charge on any atom is 0.337 e. The molecule has 0 atom stereocenters. The van der Waals surface area contributed by atoms with Crippen LogP contribution in [0.4, 0.5) is 11.4 Å². The first-order chi connectivity index (χ1) is 16.5. The molecule has 0 heterocycles. The molecule has 0 bridgehead atoms. The van der Waals surface area contributed by atoms with Gasteiger partial charge in [-0.3, -0.25) is 9.59 Å². The van der Waals surface area contributed by atoms with Crippen LogP contribution in [0.2, 0.25) is 0 Å². The van der Waals surface area contributed by atoms with E-state index >= 15 is 0 Å². The smallest absolute Gasteiger partial charge is 0.337 e. The molecule has 34 heavy (non-hydrogen) atoms. The number of carbonyl (C=O) groups is 3. The van der Waals surface area contributed by atoms with E-state index in [1.165, 1.54) is 13.2 Å². The first kappa shape index (κ1) is 24.3.